The van der Waals surface area contributed by atoms with Crippen LogP contribution in [0.5, 0.6) is 0 Å². The van der Waals surface area contributed by atoms with Gasteiger partial charge < -0.3 is 29.7 Å². The van der Waals surface area contributed by atoms with Gasteiger partial charge in [0.25, 0.3) is 5.91 Å². The van der Waals surface area contributed by atoms with E-state index in [0.29, 0.717) is 39.3 Å². The second kappa shape index (κ2) is 13.2. The Kier molecular flexibility index (Phi) is 10.3. The van der Waals surface area contributed by atoms with E-state index in [9.17, 15) is 24.9 Å². The Morgan fingerprint density at radius 2 is 1.92 bits per heavy atom. The van der Waals surface area contributed by atoms with Crippen molar-refractivity contribution in [3.05, 3.63) is 47.5 Å². The number of nitrogens with one attached hydrogen (secondary N) is 1. The largest absolute Gasteiger partial charge is 0.475 e. The third kappa shape index (κ3) is 7.80. The molecule has 206 valence electrons. The average molecular weight is 526 g/mol. The zero-order valence-corrected chi connectivity index (χ0v) is 22.6. The van der Waals surface area contributed by atoms with Crippen LogP contribution in [0, 0.1) is 11.3 Å². The molecule has 11 heteroatoms. The molecule has 0 aliphatic carbocycles. The highest BCUT2D eigenvalue weighted by Gasteiger charge is 2.41. The van der Waals surface area contributed by atoms with Gasteiger partial charge in [0.1, 0.15) is 18.2 Å². The lowest BCUT2D eigenvalue weighted by atomic mass is 9.76. The molecule has 0 saturated carbocycles. The summed E-state index contributed by atoms with van der Waals surface area (Å²) >= 11 is 0. The fraction of sp³-hybridized carbons (Fsp3) is 0.593. The van der Waals surface area contributed by atoms with Crippen molar-refractivity contribution in [2.24, 2.45) is 0 Å². The van der Waals surface area contributed by atoms with E-state index in [2.05, 4.69) is 16.3 Å². The zero-order chi connectivity index (χ0) is 27.8. The van der Waals surface area contributed by atoms with Crippen LogP contribution in [0.25, 0.3) is 0 Å². The van der Waals surface area contributed by atoms with Gasteiger partial charge in [-0.1, -0.05) is 30.3 Å². The molecule has 2 aliphatic heterocycles. The van der Waals surface area contributed by atoms with Gasteiger partial charge in [0.05, 0.1) is 24.7 Å². The first kappa shape index (κ1) is 29.6. The van der Waals surface area contributed by atoms with Crippen LogP contribution in [0.1, 0.15) is 45.6 Å². The quantitative estimate of drug-likeness (QED) is 0.251. The van der Waals surface area contributed by atoms with Crippen LogP contribution in [0.4, 0.5) is 4.79 Å². The molecule has 2 amide bonds. The van der Waals surface area contributed by atoms with Gasteiger partial charge in [-0.15, -0.1) is 0 Å². The Bertz CT molecular complexity index is 1020. The monoisotopic (exact) mass is 526 g/mol. The highest BCUT2D eigenvalue weighted by Crippen LogP contribution is 2.31. The molecule has 10 nitrogen and oxygen atoms in total. The zero-order valence-electron chi connectivity index (χ0n) is 22.6. The van der Waals surface area contributed by atoms with Crippen LogP contribution in [-0.4, -0.2) is 95.4 Å². The van der Waals surface area contributed by atoms with Crippen molar-refractivity contribution in [1.82, 2.24) is 15.1 Å². The summed E-state index contributed by atoms with van der Waals surface area (Å²) in [6.45, 7) is 8.82. The molecule has 3 N–H and O–H groups in total. The number of hydrogen-bond acceptors (Lipinski definition) is 8. The van der Waals surface area contributed by atoms with E-state index in [1.54, 1.807) is 11.0 Å². The van der Waals surface area contributed by atoms with Crippen molar-refractivity contribution >= 4 is 19.1 Å². The lowest BCUT2D eigenvalue weighted by Crippen LogP contribution is -2.57. The van der Waals surface area contributed by atoms with E-state index in [4.69, 9.17) is 9.47 Å². The number of piperidine rings is 1. The molecule has 2 aliphatic rings. The number of benzene rings is 1. The van der Waals surface area contributed by atoms with E-state index in [1.807, 2.05) is 51.1 Å². The minimum atomic E-state index is -1.77. The molecule has 38 heavy (non-hydrogen) atoms. The molecule has 1 unspecified atom stereocenters. The molecule has 2 heterocycles. The minimum absolute atomic E-state index is 0.0606. The van der Waals surface area contributed by atoms with Gasteiger partial charge in [-0.2, -0.15) is 5.26 Å². The van der Waals surface area contributed by atoms with Gasteiger partial charge in [-0.3, -0.25) is 9.69 Å². The number of hydrogen-bond donors (Lipinski definition) is 3. The number of likely N-dealkylation sites (tertiary alicyclic amines) is 1. The highest BCUT2D eigenvalue weighted by molar-refractivity contribution is 6.43. The standard InChI is InChI=1S/C27H39BN4O6/c1-26(2,31-13-15-37-16-14-31)18-22(19-29)24(33)32-12-8-7-11-27(32,3)20-38-25(34)30-23(28(35)36)17-21-9-5-4-6-10-21/h4-6,9-10,18,23,35-36H,7-8,11-17,20H2,1-3H3,(H,30,34)/t23?,27-/m1/s1. The van der Waals surface area contributed by atoms with Crippen molar-refractivity contribution in [2.75, 3.05) is 39.5 Å². The lowest BCUT2D eigenvalue weighted by molar-refractivity contribution is -0.136. The smallest absolute Gasteiger partial charge is 0.447 e. The van der Waals surface area contributed by atoms with E-state index < -0.39 is 30.2 Å². The summed E-state index contributed by atoms with van der Waals surface area (Å²) < 4.78 is 10.9. The van der Waals surface area contributed by atoms with Gasteiger partial charge >= 0.3 is 13.2 Å². The SMILES string of the molecule is CC(C)(C=C(C#N)C(=O)N1CCCC[C@]1(C)COC(=O)NC(Cc1ccccc1)B(O)O)N1CCOCC1. The number of ether oxygens (including phenoxy) is 2. The number of nitriles is 1. The number of carbonyl (C=O) groups excluding carboxylic acids is 2. The minimum Gasteiger partial charge on any atom is -0.447 e. The number of rotatable bonds is 9. The molecule has 0 bridgehead atoms. The Morgan fingerprint density at radius 1 is 1.24 bits per heavy atom. The van der Waals surface area contributed by atoms with Crippen LogP contribution in [0.2, 0.25) is 0 Å². The molecule has 2 fully saturated rings. The Morgan fingerprint density at radius 3 is 2.55 bits per heavy atom. The third-order valence-electron chi connectivity index (χ3n) is 7.39. The normalized spacial score (nSPS) is 21.8. The average Bonchev–Trinajstić information content (AvgIpc) is 2.91. The molecule has 2 saturated heterocycles. The van der Waals surface area contributed by atoms with Crippen LogP contribution >= 0.6 is 0 Å². The molecule has 0 radical (unpaired) electrons. The van der Waals surface area contributed by atoms with E-state index >= 15 is 0 Å². The molecular weight excluding hydrogens is 487 g/mol. The first-order valence-corrected chi connectivity index (χ1v) is 13.2. The van der Waals surface area contributed by atoms with Gasteiger partial charge in [0.15, 0.2) is 0 Å². The Balaban J connectivity index is 1.67. The molecule has 0 spiro atoms. The molecule has 3 rings (SSSR count). The maximum absolute atomic E-state index is 13.6. The van der Waals surface area contributed by atoms with Crippen LogP contribution in [0.15, 0.2) is 42.0 Å². The predicted octanol–water partition coefficient (Wildman–Crippen LogP) is 1.67. The van der Waals surface area contributed by atoms with Gasteiger partial charge in [-0.25, -0.2) is 4.79 Å². The summed E-state index contributed by atoms with van der Waals surface area (Å²) in [6, 6.07) is 11.3. The van der Waals surface area contributed by atoms with Crippen molar-refractivity contribution < 1.29 is 29.1 Å². The van der Waals surface area contributed by atoms with Crippen LogP contribution in [-0.2, 0) is 20.7 Å². The highest BCUT2D eigenvalue weighted by atomic mass is 16.6. The molecule has 1 aromatic carbocycles. The Labute approximate surface area is 225 Å². The summed E-state index contributed by atoms with van der Waals surface area (Å²) in [6.07, 6.45) is 3.37. The second-order valence-electron chi connectivity index (χ2n) is 10.8. The number of nitrogens with zero attached hydrogens (tertiary/aromatic N) is 3. The first-order chi connectivity index (χ1) is 18.1. The fourth-order valence-corrected chi connectivity index (χ4v) is 5.06. The van der Waals surface area contributed by atoms with Crippen molar-refractivity contribution in [3.63, 3.8) is 0 Å². The predicted molar refractivity (Wildman–Crippen MR) is 143 cm³/mol. The second-order valence-corrected chi connectivity index (χ2v) is 10.8. The number of carbonyl (C=O) groups is 2. The van der Waals surface area contributed by atoms with Gasteiger partial charge in [-0.05, 0) is 58.1 Å². The molecule has 1 aromatic rings. The first-order valence-electron chi connectivity index (χ1n) is 13.2. The number of amides is 2. The maximum Gasteiger partial charge on any atom is 0.475 e. The number of morpholine rings is 1. The van der Waals surface area contributed by atoms with Gasteiger partial charge in [0.2, 0.25) is 0 Å². The van der Waals surface area contributed by atoms with Gasteiger partial charge in [0, 0.05) is 25.2 Å². The fourth-order valence-electron chi connectivity index (χ4n) is 5.06. The van der Waals surface area contributed by atoms with E-state index in [-0.39, 0.29) is 24.5 Å². The summed E-state index contributed by atoms with van der Waals surface area (Å²) in [7, 11) is -1.77. The van der Waals surface area contributed by atoms with Crippen LogP contribution in [0.3, 0.4) is 0 Å². The number of alkyl carbamates (subject to hydrolysis) is 1. The third-order valence-corrected chi connectivity index (χ3v) is 7.39. The van der Waals surface area contributed by atoms with Crippen molar-refractivity contribution in [3.8, 4) is 6.07 Å². The summed E-state index contributed by atoms with van der Waals surface area (Å²) in [4.78, 5) is 30.0. The lowest BCUT2D eigenvalue weighted by Gasteiger charge is -2.44. The summed E-state index contributed by atoms with van der Waals surface area (Å²) in [5, 5.41) is 32.0. The summed E-state index contributed by atoms with van der Waals surface area (Å²) in [5.41, 5.74) is -0.423. The van der Waals surface area contributed by atoms with Crippen molar-refractivity contribution in [2.45, 2.75) is 63.5 Å². The molecular formula is C27H39BN4O6. The van der Waals surface area contributed by atoms with Crippen LogP contribution < -0.4 is 5.32 Å². The summed E-state index contributed by atoms with van der Waals surface area (Å²) in [5.74, 6) is -1.34. The van der Waals surface area contributed by atoms with E-state index in [1.165, 1.54) is 0 Å². The van der Waals surface area contributed by atoms with Crippen molar-refractivity contribution in [1.29, 1.82) is 5.26 Å². The maximum atomic E-state index is 13.6. The topological polar surface area (TPSA) is 135 Å². The molecule has 0 aromatic heterocycles. The molecule has 2 atom stereocenters. The van der Waals surface area contributed by atoms with E-state index in [0.717, 1.165) is 18.4 Å². The Hall–Kier alpha value is -2.91.